The van der Waals surface area contributed by atoms with E-state index in [1.54, 1.807) is 12.3 Å². The monoisotopic (exact) mass is 298 g/mol. The first kappa shape index (κ1) is 15.8. The fourth-order valence-electron chi connectivity index (χ4n) is 2.69. The van der Waals surface area contributed by atoms with E-state index in [1.165, 1.54) is 12.0 Å². The van der Waals surface area contributed by atoms with E-state index in [2.05, 4.69) is 74.6 Å². The van der Waals surface area contributed by atoms with Crippen LogP contribution in [0.15, 0.2) is 54.6 Å². The van der Waals surface area contributed by atoms with Crippen LogP contribution in [0.2, 0.25) is 18.6 Å². The summed E-state index contributed by atoms with van der Waals surface area (Å²) in [4.78, 5) is 0. The SMILES string of the molecule is COc1ccc(CCC(C)[Si](C)(C)c2ccccc2)cc1. The molecule has 0 radical (unpaired) electrons. The molecule has 0 aliphatic carbocycles. The maximum atomic E-state index is 5.21. The van der Waals surface area contributed by atoms with Gasteiger partial charge in [-0.15, -0.1) is 0 Å². The van der Waals surface area contributed by atoms with Gasteiger partial charge in [-0.1, -0.05) is 67.7 Å². The van der Waals surface area contributed by atoms with Crippen molar-refractivity contribution in [2.75, 3.05) is 7.11 Å². The molecular formula is C19H26OSi. The number of benzene rings is 2. The summed E-state index contributed by atoms with van der Waals surface area (Å²) < 4.78 is 5.21. The lowest BCUT2D eigenvalue weighted by molar-refractivity contribution is 0.414. The maximum absolute atomic E-state index is 5.21. The first-order valence-corrected chi connectivity index (χ1v) is 10.8. The van der Waals surface area contributed by atoms with E-state index in [0.717, 1.165) is 17.7 Å². The summed E-state index contributed by atoms with van der Waals surface area (Å²) in [6.45, 7) is 7.39. The van der Waals surface area contributed by atoms with E-state index in [0.29, 0.717) is 0 Å². The van der Waals surface area contributed by atoms with Crippen LogP contribution in [0.25, 0.3) is 0 Å². The first-order chi connectivity index (χ1) is 10.0. The molecule has 0 aromatic heterocycles. The van der Waals surface area contributed by atoms with Crippen molar-refractivity contribution in [2.24, 2.45) is 0 Å². The Kier molecular flexibility index (Phi) is 5.24. The van der Waals surface area contributed by atoms with Crippen LogP contribution < -0.4 is 9.92 Å². The van der Waals surface area contributed by atoms with Gasteiger partial charge in [0.05, 0.1) is 15.2 Å². The minimum Gasteiger partial charge on any atom is -0.497 e. The van der Waals surface area contributed by atoms with Crippen LogP contribution in [-0.2, 0) is 6.42 Å². The Bertz CT molecular complexity index is 546. The minimum atomic E-state index is -1.38. The Balaban J connectivity index is 1.98. The highest BCUT2D eigenvalue weighted by molar-refractivity contribution is 6.90. The number of aryl methyl sites for hydroxylation is 1. The van der Waals surface area contributed by atoms with Crippen LogP contribution in [0.1, 0.15) is 18.9 Å². The standard InChI is InChI=1S/C19H26OSi/c1-16(21(3,4)19-8-6-5-7-9-19)10-11-17-12-14-18(20-2)15-13-17/h5-9,12-16H,10-11H2,1-4H3. The topological polar surface area (TPSA) is 9.23 Å². The molecule has 0 saturated carbocycles. The van der Waals surface area contributed by atoms with E-state index in [4.69, 9.17) is 4.74 Å². The van der Waals surface area contributed by atoms with Crippen LogP contribution in [0.5, 0.6) is 5.75 Å². The molecule has 112 valence electrons. The van der Waals surface area contributed by atoms with Gasteiger partial charge in [-0.25, -0.2) is 0 Å². The third-order valence-corrected chi connectivity index (χ3v) is 9.35. The van der Waals surface area contributed by atoms with Crippen molar-refractivity contribution >= 4 is 13.3 Å². The second-order valence-corrected chi connectivity index (χ2v) is 11.4. The number of rotatable bonds is 6. The van der Waals surface area contributed by atoms with Crippen molar-refractivity contribution in [1.82, 2.24) is 0 Å². The third-order valence-electron chi connectivity index (χ3n) is 4.77. The smallest absolute Gasteiger partial charge is 0.118 e. The van der Waals surface area contributed by atoms with Crippen molar-refractivity contribution in [1.29, 1.82) is 0 Å². The predicted octanol–water partition coefficient (Wildman–Crippen LogP) is 4.63. The summed E-state index contributed by atoms with van der Waals surface area (Å²) in [5, 5.41) is 1.56. The molecule has 0 spiro atoms. The highest BCUT2D eigenvalue weighted by atomic mass is 28.3. The molecule has 0 N–H and O–H groups in total. The van der Waals surface area contributed by atoms with Crippen LogP contribution in [-0.4, -0.2) is 15.2 Å². The van der Waals surface area contributed by atoms with Gasteiger partial charge >= 0.3 is 0 Å². The van der Waals surface area contributed by atoms with Crippen LogP contribution in [0.3, 0.4) is 0 Å². The van der Waals surface area contributed by atoms with Gasteiger partial charge < -0.3 is 4.74 Å². The Labute approximate surface area is 130 Å². The molecule has 1 atom stereocenters. The summed E-state index contributed by atoms with van der Waals surface area (Å²) in [6.07, 6.45) is 2.40. The van der Waals surface area contributed by atoms with Gasteiger partial charge in [-0.3, -0.25) is 0 Å². The van der Waals surface area contributed by atoms with E-state index in [1.807, 2.05) is 0 Å². The lowest BCUT2D eigenvalue weighted by Crippen LogP contribution is -2.45. The van der Waals surface area contributed by atoms with Gasteiger partial charge in [0.2, 0.25) is 0 Å². The van der Waals surface area contributed by atoms with Crippen molar-refractivity contribution in [3.8, 4) is 5.75 Å². The van der Waals surface area contributed by atoms with Gasteiger partial charge in [-0.2, -0.15) is 0 Å². The quantitative estimate of drug-likeness (QED) is 0.706. The fraction of sp³-hybridized carbons (Fsp3) is 0.368. The number of hydrogen-bond acceptors (Lipinski definition) is 1. The molecule has 0 heterocycles. The van der Waals surface area contributed by atoms with Crippen molar-refractivity contribution < 1.29 is 4.74 Å². The molecular weight excluding hydrogens is 272 g/mol. The highest BCUT2D eigenvalue weighted by Gasteiger charge is 2.29. The first-order valence-electron chi connectivity index (χ1n) is 7.72. The average molecular weight is 299 g/mol. The van der Waals surface area contributed by atoms with Crippen LogP contribution in [0.4, 0.5) is 0 Å². The van der Waals surface area contributed by atoms with Gasteiger partial charge in [0.15, 0.2) is 0 Å². The average Bonchev–Trinajstić information content (AvgIpc) is 2.53. The summed E-state index contributed by atoms with van der Waals surface area (Å²) >= 11 is 0. The Morgan fingerprint density at radius 3 is 2.14 bits per heavy atom. The van der Waals surface area contributed by atoms with E-state index < -0.39 is 8.07 Å². The molecule has 0 amide bonds. The zero-order valence-corrected chi connectivity index (χ0v) is 14.6. The molecule has 2 aromatic rings. The predicted molar refractivity (Wildman–Crippen MR) is 94.3 cm³/mol. The van der Waals surface area contributed by atoms with Crippen molar-refractivity contribution in [3.63, 3.8) is 0 Å². The lowest BCUT2D eigenvalue weighted by Gasteiger charge is -2.30. The second-order valence-electron chi connectivity index (χ2n) is 6.38. The molecule has 2 rings (SSSR count). The molecule has 0 saturated heterocycles. The Hall–Kier alpha value is -1.54. The summed E-state index contributed by atoms with van der Waals surface area (Å²) in [6, 6.07) is 19.5. The van der Waals surface area contributed by atoms with E-state index in [-0.39, 0.29) is 0 Å². The molecule has 0 aliphatic rings. The Morgan fingerprint density at radius 1 is 0.952 bits per heavy atom. The molecule has 0 bridgehead atoms. The molecule has 2 aromatic carbocycles. The van der Waals surface area contributed by atoms with Gasteiger partial charge in [0.25, 0.3) is 0 Å². The van der Waals surface area contributed by atoms with Crippen LogP contribution in [0, 0.1) is 0 Å². The molecule has 1 unspecified atom stereocenters. The van der Waals surface area contributed by atoms with E-state index in [9.17, 15) is 0 Å². The number of methoxy groups -OCH3 is 1. The largest absolute Gasteiger partial charge is 0.497 e. The third kappa shape index (κ3) is 3.98. The Morgan fingerprint density at radius 2 is 1.57 bits per heavy atom. The maximum Gasteiger partial charge on any atom is 0.118 e. The second kappa shape index (κ2) is 6.95. The van der Waals surface area contributed by atoms with Crippen molar-refractivity contribution in [2.45, 2.75) is 38.4 Å². The highest BCUT2D eigenvalue weighted by Crippen LogP contribution is 2.27. The molecule has 2 heteroatoms. The molecule has 1 nitrogen and oxygen atoms in total. The van der Waals surface area contributed by atoms with Gasteiger partial charge in [0.1, 0.15) is 5.75 Å². The van der Waals surface area contributed by atoms with Gasteiger partial charge in [-0.05, 0) is 36.1 Å². The van der Waals surface area contributed by atoms with Gasteiger partial charge in [0, 0.05) is 0 Å². The summed E-state index contributed by atoms with van der Waals surface area (Å²) in [7, 11) is 0.334. The molecule has 21 heavy (non-hydrogen) atoms. The lowest BCUT2D eigenvalue weighted by atomic mass is 10.1. The minimum absolute atomic E-state index is 0.766. The number of ether oxygens (including phenoxy) is 1. The van der Waals surface area contributed by atoms with E-state index >= 15 is 0 Å². The summed E-state index contributed by atoms with van der Waals surface area (Å²) in [5.74, 6) is 0.936. The summed E-state index contributed by atoms with van der Waals surface area (Å²) in [5.41, 5.74) is 2.17. The normalized spacial score (nSPS) is 13.0. The zero-order chi connectivity index (χ0) is 15.3. The fourth-order valence-corrected chi connectivity index (χ4v) is 5.18. The molecule has 0 fully saturated rings. The number of hydrogen-bond donors (Lipinski definition) is 0. The zero-order valence-electron chi connectivity index (χ0n) is 13.6. The van der Waals surface area contributed by atoms with Crippen LogP contribution >= 0.6 is 0 Å². The van der Waals surface area contributed by atoms with Crippen molar-refractivity contribution in [3.05, 3.63) is 60.2 Å². The molecule has 0 aliphatic heterocycles.